The summed E-state index contributed by atoms with van der Waals surface area (Å²) in [5.41, 5.74) is -0.441. The third-order valence-corrected chi connectivity index (χ3v) is 3.30. The van der Waals surface area contributed by atoms with Gasteiger partial charge >= 0.3 is 0 Å². The van der Waals surface area contributed by atoms with E-state index in [9.17, 15) is 22.8 Å². The zero-order chi connectivity index (χ0) is 17.0. The molecule has 5 nitrogen and oxygen atoms in total. The van der Waals surface area contributed by atoms with Gasteiger partial charge in [0.2, 0.25) is 0 Å². The molecule has 0 saturated heterocycles. The number of amides is 2. The highest BCUT2D eigenvalue weighted by atomic mass is 19.2. The van der Waals surface area contributed by atoms with Gasteiger partial charge in [0.25, 0.3) is 11.8 Å². The molecule has 0 fully saturated rings. The molecule has 1 unspecified atom stereocenters. The zero-order valence-electron chi connectivity index (χ0n) is 12.8. The number of anilines is 1. The maximum absolute atomic E-state index is 13.5. The maximum atomic E-state index is 13.5. The first-order valence-corrected chi connectivity index (χ1v) is 6.62. The molecule has 2 amide bonds. The van der Waals surface area contributed by atoms with Gasteiger partial charge in [0.05, 0.1) is 12.7 Å². The van der Waals surface area contributed by atoms with Crippen LogP contribution in [0.15, 0.2) is 12.1 Å². The summed E-state index contributed by atoms with van der Waals surface area (Å²) in [6.07, 6.45) is 0. The minimum absolute atomic E-state index is 0.126. The Morgan fingerprint density at radius 2 is 1.82 bits per heavy atom. The Kier molecular flexibility index (Phi) is 5.92. The van der Waals surface area contributed by atoms with E-state index in [0.717, 1.165) is 12.1 Å². The fourth-order valence-corrected chi connectivity index (χ4v) is 1.82. The smallest absolute Gasteiger partial charge is 0.280 e. The highest BCUT2D eigenvalue weighted by Gasteiger charge is 2.25. The van der Waals surface area contributed by atoms with Gasteiger partial charge in [-0.25, -0.2) is 13.2 Å². The number of likely N-dealkylation sites (N-methyl/N-ethyl adjacent to an activating group) is 2. The highest BCUT2D eigenvalue weighted by molar-refractivity contribution is 5.91. The summed E-state index contributed by atoms with van der Waals surface area (Å²) >= 11 is 0. The second-order valence-corrected chi connectivity index (χ2v) is 5.25. The van der Waals surface area contributed by atoms with Gasteiger partial charge in [-0.2, -0.15) is 0 Å². The largest absolute Gasteiger partial charge is 0.344 e. The van der Waals surface area contributed by atoms with Gasteiger partial charge in [-0.15, -0.1) is 0 Å². The van der Waals surface area contributed by atoms with Crippen LogP contribution in [0.2, 0.25) is 0 Å². The molecule has 0 heterocycles. The number of rotatable bonds is 5. The Balaban J connectivity index is 2.71. The van der Waals surface area contributed by atoms with Crippen molar-refractivity contribution >= 4 is 17.5 Å². The van der Waals surface area contributed by atoms with Crippen molar-refractivity contribution in [1.29, 1.82) is 0 Å². The molecule has 0 aliphatic rings. The molecule has 0 saturated carbocycles. The lowest BCUT2D eigenvalue weighted by atomic mass is 10.2. The molecule has 2 N–H and O–H groups in total. The Morgan fingerprint density at radius 1 is 1.23 bits per heavy atom. The third-order valence-electron chi connectivity index (χ3n) is 3.30. The predicted molar refractivity (Wildman–Crippen MR) is 74.9 cm³/mol. The van der Waals surface area contributed by atoms with E-state index in [1.165, 1.54) is 4.90 Å². The number of benzene rings is 1. The molecular formula is C14H19F3N3O2+. The average molecular weight is 318 g/mol. The van der Waals surface area contributed by atoms with Crippen LogP contribution in [0.1, 0.15) is 6.92 Å². The van der Waals surface area contributed by atoms with Crippen LogP contribution in [0.4, 0.5) is 18.9 Å². The first-order chi connectivity index (χ1) is 10.1. The lowest BCUT2D eigenvalue weighted by Crippen LogP contribution is -3.15. The molecule has 1 aromatic rings. The summed E-state index contributed by atoms with van der Waals surface area (Å²) in [6.45, 7) is 1.53. The molecule has 0 radical (unpaired) electrons. The molecule has 0 aliphatic heterocycles. The predicted octanol–water partition coefficient (Wildman–Crippen LogP) is 0.0338. The molecule has 1 aromatic carbocycles. The number of quaternary nitrogens is 1. The molecule has 0 aliphatic carbocycles. The number of carbonyl (C=O) groups is 2. The summed E-state index contributed by atoms with van der Waals surface area (Å²) in [4.78, 5) is 25.6. The Hall–Kier alpha value is -2.09. The summed E-state index contributed by atoms with van der Waals surface area (Å²) < 4.78 is 39.3. The van der Waals surface area contributed by atoms with Crippen LogP contribution < -0.4 is 10.2 Å². The Morgan fingerprint density at radius 3 is 2.36 bits per heavy atom. The lowest BCUT2D eigenvalue weighted by molar-refractivity contribution is -0.886. The van der Waals surface area contributed by atoms with Gasteiger partial charge in [-0.1, -0.05) is 0 Å². The number of hydrogen-bond acceptors (Lipinski definition) is 2. The molecule has 22 heavy (non-hydrogen) atoms. The SMILES string of the molecule is C[C@@H](C(=O)N(C)C)[NH+](C)CC(=O)Nc1ccc(F)c(F)c1F. The molecule has 1 rings (SSSR count). The summed E-state index contributed by atoms with van der Waals surface area (Å²) in [6, 6.07) is 1.19. The minimum atomic E-state index is -1.64. The van der Waals surface area contributed by atoms with Crippen molar-refractivity contribution < 1.29 is 27.7 Å². The van der Waals surface area contributed by atoms with Crippen molar-refractivity contribution in [3.05, 3.63) is 29.6 Å². The van der Waals surface area contributed by atoms with E-state index < -0.39 is 35.1 Å². The van der Waals surface area contributed by atoms with Gasteiger partial charge in [0, 0.05) is 14.1 Å². The quantitative estimate of drug-likeness (QED) is 0.753. The number of hydrogen-bond donors (Lipinski definition) is 2. The number of nitrogens with one attached hydrogen (secondary N) is 2. The molecule has 0 aromatic heterocycles. The first kappa shape index (κ1) is 18.0. The van der Waals surface area contributed by atoms with Crippen LogP contribution in [0.25, 0.3) is 0 Å². The summed E-state index contributed by atoms with van der Waals surface area (Å²) in [5.74, 6) is -5.20. The molecular weight excluding hydrogens is 299 g/mol. The lowest BCUT2D eigenvalue weighted by Gasteiger charge is -2.23. The fourth-order valence-electron chi connectivity index (χ4n) is 1.82. The third kappa shape index (κ3) is 4.20. The van der Waals surface area contributed by atoms with Crippen molar-refractivity contribution in [3.63, 3.8) is 0 Å². The van der Waals surface area contributed by atoms with Gasteiger partial charge in [-0.3, -0.25) is 9.59 Å². The van der Waals surface area contributed by atoms with Crippen molar-refractivity contribution in [2.24, 2.45) is 0 Å². The van der Waals surface area contributed by atoms with Gasteiger partial charge < -0.3 is 15.1 Å². The van der Waals surface area contributed by atoms with E-state index >= 15 is 0 Å². The van der Waals surface area contributed by atoms with Crippen molar-refractivity contribution in [2.45, 2.75) is 13.0 Å². The normalized spacial score (nSPS) is 13.4. The summed E-state index contributed by atoms with van der Waals surface area (Å²) in [5, 5.41) is 2.17. The van der Waals surface area contributed by atoms with Crippen LogP contribution in [0.5, 0.6) is 0 Å². The monoisotopic (exact) mass is 318 g/mol. The van der Waals surface area contributed by atoms with Crippen LogP contribution in [-0.2, 0) is 9.59 Å². The molecule has 122 valence electrons. The zero-order valence-corrected chi connectivity index (χ0v) is 12.8. The van der Waals surface area contributed by atoms with E-state index in [0.29, 0.717) is 4.90 Å². The van der Waals surface area contributed by atoms with Crippen molar-refractivity contribution in [2.75, 3.05) is 33.0 Å². The average Bonchev–Trinajstić information content (AvgIpc) is 2.46. The van der Waals surface area contributed by atoms with E-state index in [1.54, 1.807) is 28.1 Å². The maximum Gasteiger partial charge on any atom is 0.280 e. The molecule has 8 heteroatoms. The molecule has 0 spiro atoms. The van der Waals surface area contributed by atoms with Gasteiger partial charge in [0.15, 0.2) is 30.0 Å². The molecule has 0 bridgehead atoms. The number of halogens is 3. The first-order valence-electron chi connectivity index (χ1n) is 6.62. The van der Waals surface area contributed by atoms with Crippen molar-refractivity contribution in [3.8, 4) is 0 Å². The Bertz CT molecular complexity index is 579. The van der Waals surface area contributed by atoms with E-state index in [2.05, 4.69) is 5.32 Å². The van der Waals surface area contributed by atoms with Crippen LogP contribution in [0.3, 0.4) is 0 Å². The second kappa shape index (κ2) is 7.26. The van der Waals surface area contributed by atoms with E-state index in [1.807, 2.05) is 0 Å². The Labute approximate surface area is 126 Å². The topological polar surface area (TPSA) is 53.9 Å². The van der Waals surface area contributed by atoms with Crippen LogP contribution >= 0.6 is 0 Å². The van der Waals surface area contributed by atoms with E-state index in [-0.39, 0.29) is 12.5 Å². The fraction of sp³-hybridized carbons (Fsp3) is 0.429. The van der Waals surface area contributed by atoms with Crippen LogP contribution in [-0.4, -0.2) is 50.4 Å². The standard InChI is InChI=1S/C14H18F3N3O2/c1-8(14(22)19(2)3)20(4)7-11(21)18-10-6-5-9(15)12(16)13(10)17/h5-6,8H,7H2,1-4H3,(H,18,21)/p+1/t8-/m0/s1. The minimum Gasteiger partial charge on any atom is -0.344 e. The second-order valence-electron chi connectivity index (χ2n) is 5.25. The van der Waals surface area contributed by atoms with Crippen molar-refractivity contribution in [1.82, 2.24) is 4.90 Å². The molecule has 2 atom stereocenters. The summed E-state index contributed by atoms with van der Waals surface area (Å²) in [7, 11) is 4.83. The van der Waals surface area contributed by atoms with Gasteiger partial charge in [-0.05, 0) is 19.1 Å². The highest BCUT2D eigenvalue weighted by Crippen LogP contribution is 2.19. The van der Waals surface area contributed by atoms with Crippen LogP contribution in [0, 0.1) is 17.5 Å². The number of carbonyl (C=O) groups excluding carboxylic acids is 2. The number of nitrogens with zero attached hydrogens (tertiary/aromatic N) is 1. The van der Waals surface area contributed by atoms with Gasteiger partial charge in [0.1, 0.15) is 0 Å². The van der Waals surface area contributed by atoms with E-state index in [4.69, 9.17) is 0 Å².